The van der Waals surface area contributed by atoms with Gasteiger partial charge in [0.2, 0.25) is 0 Å². The minimum Gasteiger partial charge on any atom is -0.481 e. The van der Waals surface area contributed by atoms with E-state index in [2.05, 4.69) is 15.0 Å². The zero-order valence-corrected chi connectivity index (χ0v) is 7.56. The smallest absolute Gasteiger partial charge is 0.311 e. The van der Waals surface area contributed by atoms with Crippen LogP contribution in [0.2, 0.25) is 0 Å². The van der Waals surface area contributed by atoms with Crippen LogP contribution >= 0.6 is 0 Å². The van der Waals surface area contributed by atoms with E-state index in [1.165, 1.54) is 6.33 Å². The van der Waals surface area contributed by atoms with Crippen molar-refractivity contribution in [2.45, 2.75) is 26.2 Å². The molecular weight excluding hydrogens is 170 g/mol. The molecule has 0 aliphatic carbocycles. The number of rotatable bonds is 3. The van der Waals surface area contributed by atoms with E-state index in [0.717, 1.165) is 0 Å². The molecule has 0 atom stereocenters. The first-order valence-corrected chi connectivity index (χ1v) is 3.99. The fraction of sp³-hybridized carbons (Fsp3) is 0.500. The molecule has 0 aliphatic heterocycles. The maximum absolute atomic E-state index is 10.3. The van der Waals surface area contributed by atoms with Crippen molar-refractivity contribution < 1.29 is 9.90 Å². The monoisotopic (exact) mass is 181 g/mol. The van der Waals surface area contributed by atoms with Crippen LogP contribution in [-0.4, -0.2) is 26.0 Å². The normalized spacial score (nSPS) is 10.4. The van der Waals surface area contributed by atoms with Crippen molar-refractivity contribution in [1.82, 2.24) is 15.0 Å². The van der Waals surface area contributed by atoms with Gasteiger partial charge in [0.25, 0.3) is 0 Å². The summed E-state index contributed by atoms with van der Waals surface area (Å²) in [6.45, 7) is 3.89. The van der Waals surface area contributed by atoms with E-state index in [9.17, 15) is 4.79 Å². The summed E-state index contributed by atoms with van der Waals surface area (Å²) < 4.78 is 0. The van der Waals surface area contributed by atoms with Gasteiger partial charge >= 0.3 is 5.97 Å². The summed E-state index contributed by atoms with van der Waals surface area (Å²) in [5.41, 5.74) is 0. The Balaban J connectivity index is 2.85. The highest BCUT2D eigenvalue weighted by molar-refractivity contribution is 5.68. The third-order valence-electron chi connectivity index (χ3n) is 1.47. The van der Waals surface area contributed by atoms with Gasteiger partial charge in [0, 0.05) is 5.92 Å². The number of hydrogen-bond donors (Lipinski definition) is 1. The number of aromatic nitrogens is 3. The lowest BCUT2D eigenvalue weighted by Gasteiger charge is -2.02. The first kappa shape index (κ1) is 9.57. The molecule has 0 bridgehead atoms. The first-order chi connectivity index (χ1) is 6.09. The van der Waals surface area contributed by atoms with Crippen LogP contribution in [0.1, 0.15) is 31.4 Å². The molecule has 0 radical (unpaired) electrons. The van der Waals surface area contributed by atoms with Crippen LogP contribution in [0.3, 0.4) is 0 Å². The molecule has 5 heteroatoms. The summed E-state index contributed by atoms with van der Waals surface area (Å²) in [5, 5.41) is 8.50. The molecule has 0 saturated heterocycles. The third-order valence-corrected chi connectivity index (χ3v) is 1.47. The van der Waals surface area contributed by atoms with Crippen molar-refractivity contribution in [3.63, 3.8) is 0 Å². The van der Waals surface area contributed by atoms with Crippen LogP contribution in [0.5, 0.6) is 0 Å². The summed E-state index contributed by atoms with van der Waals surface area (Å²) in [6, 6.07) is 0. The van der Waals surface area contributed by atoms with E-state index in [1.54, 1.807) is 0 Å². The van der Waals surface area contributed by atoms with Crippen molar-refractivity contribution in [1.29, 1.82) is 0 Å². The molecule has 5 nitrogen and oxygen atoms in total. The van der Waals surface area contributed by atoms with Gasteiger partial charge < -0.3 is 5.11 Å². The van der Waals surface area contributed by atoms with E-state index in [1.807, 2.05) is 13.8 Å². The van der Waals surface area contributed by atoms with Crippen LogP contribution in [0.25, 0.3) is 0 Å². The molecule has 1 N–H and O–H groups in total. The maximum atomic E-state index is 10.3. The second-order valence-corrected chi connectivity index (χ2v) is 2.99. The highest BCUT2D eigenvalue weighted by atomic mass is 16.4. The van der Waals surface area contributed by atoms with Crippen LogP contribution in [-0.2, 0) is 11.2 Å². The van der Waals surface area contributed by atoms with Crippen LogP contribution in [0.15, 0.2) is 6.33 Å². The standard InChI is InChI=1S/C8H11N3O2/c1-5(2)8-10-4-9-6(11-8)3-7(12)13/h4-5H,3H2,1-2H3,(H,12,13). The zero-order chi connectivity index (χ0) is 9.84. The Bertz CT molecular complexity index is 312. The maximum Gasteiger partial charge on any atom is 0.311 e. The van der Waals surface area contributed by atoms with Gasteiger partial charge in [0.1, 0.15) is 24.4 Å². The SMILES string of the molecule is CC(C)c1ncnc(CC(=O)O)n1. The number of carboxylic acid groups (broad SMARTS) is 1. The van der Waals surface area contributed by atoms with Gasteiger partial charge in [-0.1, -0.05) is 13.8 Å². The summed E-state index contributed by atoms with van der Waals surface area (Å²) in [4.78, 5) is 22.0. The second kappa shape index (κ2) is 3.93. The highest BCUT2D eigenvalue weighted by Crippen LogP contribution is 2.06. The van der Waals surface area contributed by atoms with Gasteiger partial charge in [-0.2, -0.15) is 0 Å². The molecular formula is C8H11N3O2. The fourth-order valence-corrected chi connectivity index (χ4v) is 0.843. The van der Waals surface area contributed by atoms with Crippen LogP contribution < -0.4 is 0 Å². The third kappa shape index (κ3) is 2.77. The minimum atomic E-state index is -0.930. The van der Waals surface area contributed by atoms with E-state index in [4.69, 9.17) is 5.11 Å². The quantitative estimate of drug-likeness (QED) is 0.739. The largest absolute Gasteiger partial charge is 0.481 e. The average molecular weight is 181 g/mol. The number of nitrogens with zero attached hydrogens (tertiary/aromatic N) is 3. The summed E-state index contributed by atoms with van der Waals surface area (Å²) >= 11 is 0. The lowest BCUT2D eigenvalue weighted by molar-refractivity contribution is -0.136. The van der Waals surface area contributed by atoms with Crippen molar-refractivity contribution >= 4 is 5.97 Å². The van der Waals surface area contributed by atoms with Gasteiger partial charge in [0.15, 0.2) is 0 Å². The van der Waals surface area contributed by atoms with E-state index < -0.39 is 5.97 Å². The van der Waals surface area contributed by atoms with Gasteiger partial charge in [-0.3, -0.25) is 4.79 Å². The van der Waals surface area contributed by atoms with Gasteiger partial charge in [0.05, 0.1) is 0 Å². The molecule has 0 amide bonds. The molecule has 0 unspecified atom stereocenters. The topological polar surface area (TPSA) is 76.0 Å². The number of carboxylic acids is 1. The Morgan fingerprint density at radius 1 is 1.54 bits per heavy atom. The summed E-state index contributed by atoms with van der Waals surface area (Å²) in [5.74, 6) is 0.203. The second-order valence-electron chi connectivity index (χ2n) is 2.99. The molecule has 0 saturated carbocycles. The molecule has 70 valence electrons. The predicted octanol–water partition coefficient (Wildman–Crippen LogP) is 0.622. The fourth-order valence-electron chi connectivity index (χ4n) is 0.843. The molecule has 1 aromatic heterocycles. The molecule has 1 aromatic rings. The van der Waals surface area contributed by atoms with Crippen LogP contribution in [0.4, 0.5) is 0 Å². The molecule has 0 aliphatic rings. The first-order valence-electron chi connectivity index (χ1n) is 3.99. The van der Waals surface area contributed by atoms with Gasteiger partial charge in [-0.15, -0.1) is 0 Å². The molecule has 0 aromatic carbocycles. The molecule has 1 rings (SSSR count). The summed E-state index contributed by atoms with van der Waals surface area (Å²) in [6.07, 6.45) is 1.20. The molecule has 13 heavy (non-hydrogen) atoms. The van der Waals surface area contributed by atoms with Gasteiger partial charge in [-0.05, 0) is 0 Å². The van der Waals surface area contributed by atoms with Crippen molar-refractivity contribution in [2.24, 2.45) is 0 Å². The zero-order valence-electron chi connectivity index (χ0n) is 7.56. The Kier molecular flexibility index (Phi) is 2.89. The van der Waals surface area contributed by atoms with E-state index >= 15 is 0 Å². The lowest BCUT2D eigenvalue weighted by atomic mass is 10.2. The van der Waals surface area contributed by atoms with Crippen molar-refractivity contribution in [3.8, 4) is 0 Å². The number of carbonyl (C=O) groups is 1. The Morgan fingerprint density at radius 2 is 2.23 bits per heavy atom. The predicted molar refractivity (Wildman–Crippen MR) is 45.3 cm³/mol. The van der Waals surface area contributed by atoms with E-state index in [-0.39, 0.29) is 12.3 Å². The minimum absolute atomic E-state index is 0.151. The summed E-state index contributed by atoms with van der Waals surface area (Å²) in [7, 11) is 0. The molecule has 1 heterocycles. The molecule has 0 fully saturated rings. The number of hydrogen-bond acceptors (Lipinski definition) is 4. The van der Waals surface area contributed by atoms with Crippen molar-refractivity contribution in [3.05, 3.63) is 18.0 Å². The average Bonchev–Trinajstić information content (AvgIpc) is 2.03. The Labute approximate surface area is 75.9 Å². The Hall–Kier alpha value is -1.52. The van der Waals surface area contributed by atoms with Crippen molar-refractivity contribution in [2.75, 3.05) is 0 Å². The van der Waals surface area contributed by atoms with Crippen LogP contribution in [0, 0.1) is 0 Å². The Morgan fingerprint density at radius 3 is 2.77 bits per heavy atom. The number of aliphatic carboxylic acids is 1. The molecule has 0 spiro atoms. The highest BCUT2D eigenvalue weighted by Gasteiger charge is 2.07. The van der Waals surface area contributed by atoms with Gasteiger partial charge in [-0.25, -0.2) is 15.0 Å². The van der Waals surface area contributed by atoms with E-state index in [0.29, 0.717) is 11.6 Å². The lowest BCUT2D eigenvalue weighted by Crippen LogP contribution is -2.08.